The quantitative estimate of drug-likeness (QED) is 0.737. The molecule has 0 radical (unpaired) electrons. The highest BCUT2D eigenvalue weighted by Gasteiger charge is 2.33. The largest absolute Gasteiger partial charge is 0.333 e. The molecule has 1 saturated heterocycles. The molecule has 3 heterocycles. The zero-order valence-electron chi connectivity index (χ0n) is 10.1. The van der Waals surface area contributed by atoms with E-state index in [1.165, 1.54) is 4.31 Å². The van der Waals surface area contributed by atoms with Gasteiger partial charge in [-0.1, -0.05) is 0 Å². The van der Waals surface area contributed by atoms with Crippen molar-refractivity contribution < 1.29 is 8.42 Å². The van der Waals surface area contributed by atoms with E-state index in [0.29, 0.717) is 32.7 Å². The molecule has 1 fully saturated rings. The van der Waals surface area contributed by atoms with Gasteiger partial charge >= 0.3 is 0 Å². The van der Waals surface area contributed by atoms with Crippen molar-refractivity contribution in [2.75, 3.05) is 32.7 Å². The van der Waals surface area contributed by atoms with E-state index in [1.807, 2.05) is 10.8 Å². The molecule has 1 aromatic heterocycles. The molecule has 1 aromatic rings. The van der Waals surface area contributed by atoms with E-state index in [0.717, 1.165) is 18.9 Å². The van der Waals surface area contributed by atoms with E-state index in [2.05, 4.69) is 10.3 Å². The average Bonchev–Trinajstić information content (AvgIpc) is 2.87. The molecule has 0 aliphatic carbocycles. The van der Waals surface area contributed by atoms with Crippen LogP contribution in [0.1, 0.15) is 5.82 Å². The Hall–Kier alpha value is -0.960. The van der Waals surface area contributed by atoms with Crippen LogP contribution in [-0.4, -0.2) is 59.3 Å². The van der Waals surface area contributed by atoms with Gasteiger partial charge in [-0.15, -0.1) is 0 Å². The molecular weight excluding hydrogens is 254 g/mol. The first kappa shape index (κ1) is 12.1. The van der Waals surface area contributed by atoms with Gasteiger partial charge in [-0.3, -0.25) is 0 Å². The van der Waals surface area contributed by atoms with Gasteiger partial charge in [0, 0.05) is 51.7 Å². The van der Waals surface area contributed by atoms with Crippen LogP contribution < -0.4 is 5.32 Å². The second-order valence-corrected chi connectivity index (χ2v) is 6.46. The van der Waals surface area contributed by atoms with Crippen LogP contribution >= 0.6 is 0 Å². The van der Waals surface area contributed by atoms with Crippen LogP contribution in [0.25, 0.3) is 0 Å². The lowest BCUT2D eigenvalue weighted by molar-refractivity contribution is 0.281. The number of aromatic nitrogens is 2. The number of piperazine rings is 1. The van der Waals surface area contributed by atoms with Gasteiger partial charge in [0.05, 0.1) is 6.54 Å². The monoisotopic (exact) mass is 271 g/mol. The minimum Gasteiger partial charge on any atom is -0.333 e. The summed E-state index contributed by atoms with van der Waals surface area (Å²) in [6.07, 6.45) is 3.61. The molecule has 0 unspecified atom stereocenters. The second-order valence-electron chi connectivity index (χ2n) is 4.53. The van der Waals surface area contributed by atoms with Gasteiger partial charge in [0.1, 0.15) is 5.82 Å². The number of nitrogens with one attached hydrogen (secondary N) is 1. The SMILES string of the molecule is O=S(=O)(N1CCNCC1)N1CCn2ccnc2C1. The fourth-order valence-electron chi connectivity index (χ4n) is 2.39. The van der Waals surface area contributed by atoms with Crippen molar-refractivity contribution in [3.63, 3.8) is 0 Å². The number of hydrogen-bond acceptors (Lipinski definition) is 4. The van der Waals surface area contributed by atoms with Crippen LogP contribution in [0.4, 0.5) is 0 Å². The second kappa shape index (κ2) is 4.61. The summed E-state index contributed by atoms with van der Waals surface area (Å²) >= 11 is 0. The van der Waals surface area contributed by atoms with Crippen molar-refractivity contribution in [3.05, 3.63) is 18.2 Å². The van der Waals surface area contributed by atoms with E-state index < -0.39 is 10.2 Å². The molecule has 3 rings (SSSR count). The van der Waals surface area contributed by atoms with Gasteiger partial charge in [-0.2, -0.15) is 17.0 Å². The first-order chi connectivity index (χ1) is 8.68. The molecular formula is C10H17N5O2S. The van der Waals surface area contributed by atoms with E-state index in [9.17, 15) is 8.42 Å². The van der Waals surface area contributed by atoms with Gasteiger partial charge in [0.25, 0.3) is 10.2 Å². The van der Waals surface area contributed by atoms with Crippen LogP contribution in [0, 0.1) is 0 Å². The molecule has 0 bridgehead atoms. The summed E-state index contributed by atoms with van der Waals surface area (Å²) in [6, 6.07) is 0. The summed E-state index contributed by atoms with van der Waals surface area (Å²) in [7, 11) is -3.33. The van der Waals surface area contributed by atoms with Gasteiger partial charge < -0.3 is 9.88 Å². The van der Waals surface area contributed by atoms with Crippen LogP contribution in [0.2, 0.25) is 0 Å². The van der Waals surface area contributed by atoms with Crippen LogP contribution in [-0.2, 0) is 23.3 Å². The van der Waals surface area contributed by atoms with Crippen molar-refractivity contribution in [1.82, 2.24) is 23.5 Å². The number of fused-ring (bicyclic) bond motifs is 1. The summed E-state index contributed by atoms with van der Waals surface area (Å²) in [5.41, 5.74) is 0. The van der Waals surface area contributed by atoms with Crippen molar-refractivity contribution in [3.8, 4) is 0 Å². The summed E-state index contributed by atoms with van der Waals surface area (Å²) in [6.45, 7) is 4.12. The summed E-state index contributed by atoms with van der Waals surface area (Å²) in [4.78, 5) is 4.19. The maximum absolute atomic E-state index is 12.5. The highest BCUT2D eigenvalue weighted by atomic mass is 32.2. The average molecular weight is 271 g/mol. The predicted molar refractivity (Wildman–Crippen MR) is 66.0 cm³/mol. The van der Waals surface area contributed by atoms with Crippen LogP contribution in [0.5, 0.6) is 0 Å². The van der Waals surface area contributed by atoms with Crippen molar-refractivity contribution in [1.29, 1.82) is 0 Å². The molecule has 8 heteroatoms. The maximum Gasteiger partial charge on any atom is 0.282 e. The Balaban J connectivity index is 1.78. The number of rotatable bonds is 2. The van der Waals surface area contributed by atoms with Gasteiger partial charge in [0.2, 0.25) is 0 Å². The Kier molecular flexibility index (Phi) is 3.10. The minimum atomic E-state index is -3.33. The fraction of sp³-hybridized carbons (Fsp3) is 0.700. The lowest BCUT2D eigenvalue weighted by atomic mass is 10.4. The number of hydrogen-bond donors (Lipinski definition) is 1. The third-order valence-corrected chi connectivity index (χ3v) is 5.42. The Labute approximate surface area is 107 Å². The Bertz CT molecular complexity index is 520. The van der Waals surface area contributed by atoms with Crippen molar-refractivity contribution in [2.24, 2.45) is 0 Å². The molecule has 0 saturated carbocycles. The highest BCUT2D eigenvalue weighted by molar-refractivity contribution is 7.86. The summed E-state index contributed by atoms with van der Waals surface area (Å²) < 4.78 is 30.0. The molecule has 2 aliphatic heterocycles. The minimum absolute atomic E-state index is 0.374. The van der Waals surface area contributed by atoms with Crippen molar-refractivity contribution >= 4 is 10.2 Å². The van der Waals surface area contributed by atoms with E-state index in [1.54, 1.807) is 10.5 Å². The molecule has 0 spiro atoms. The molecule has 0 amide bonds. The first-order valence-electron chi connectivity index (χ1n) is 6.14. The Morgan fingerprint density at radius 3 is 2.67 bits per heavy atom. The highest BCUT2D eigenvalue weighted by Crippen LogP contribution is 2.17. The molecule has 2 aliphatic rings. The third kappa shape index (κ3) is 2.05. The van der Waals surface area contributed by atoms with Gasteiger partial charge in [-0.25, -0.2) is 4.98 Å². The topological polar surface area (TPSA) is 70.5 Å². The number of nitrogens with zero attached hydrogens (tertiary/aromatic N) is 4. The first-order valence-corrected chi connectivity index (χ1v) is 7.53. The Morgan fingerprint density at radius 2 is 1.89 bits per heavy atom. The van der Waals surface area contributed by atoms with Gasteiger partial charge in [0.15, 0.2) is 0 Å². The molecule has 7 nitrogen and oxygen atoms in total. The smallest absolute Gasteiger partial charge is 0.282 e. The molecule has 1 N–H and O–H groups in total. The van der Waals surface area contributed by atoms with Gasteiger partial charge in [-0.05, 0) is 0 Å². The molecule has 100 valence electrons. The summed E-state index contributed by atoms with van der Waals surface area (Å²) in [5, 5.41) is 3.16. The molecule has 0 atom stereocenters. The van der Waals surface area contributed by atoms with E-state index in [4.69, 9.17) is 0 Å². The number of imidazole rings is 1. The molecule has 0 aromatic carbocycles. The third-order valence-electron chi connectivity index (χ3n) is 3.44. The maximum atomic E-state index is 12.5. The lowest BCUT2D eigenvalue weighted by Crippen LogP contribution is -2.53. The summed E-state index contributed by atoms with van der Waals surface area (Å²) in [5.74, 6) is 0.819. The lowest BCUT2D eigenvalue weighted by Gasteiger charge is -2.34. The fourth-order valence-corrected chi connectivity index (χ4v) is 3.95. The predicted octanol–water partition coefficient (Wildman–Crippen LogP) is -1.15. The van der Waals surface area contributed by atoms with E-state index in [-0.39, 0.29) is 0 Å². The zero-order valence-corrected chi connectivity index (χ0v) is 10.9. The van der Waals surface area contributed by atoms with Crippen molar-refractivity contribution in [2.45, 2.75) is 13.1 Å². The zero-order chi connectivity index (χ0) is 12.6. The molecule has 18 heavy (non-hydrogen) atoms. The Morgan fingerprint density at radius 1 is 1.11 bits per heavy atom. The van der Waals surface area contributed by atoms with Crippen LogP contribution in [0.3, 0.4) is 0 Å². The van der Waals surface area contributed by atoms with E-state index >= 15 is 0 Å². The standard InChI is InChI=1S/C10H17N5O2S/c16-18(17,14-5-1-11-2-6-14)15-8-7-13-4-3-12-10(13)9-15/h3-4,11H,1-2,5-9H2. The van der Waals surface area contributed by atoms with Crippen LogP contribution in [0.15, 0.2) is 12.4 Å². The normalized spacial score (nSPS) is 22.9.